The quantitative estimate of drug-likeness (QED) is 0.0709. The molecule has 0 fully saturated rings. The molecule has 0 bridgehead atoms. The molecular weight excluding hydrogens is 474 g/mol. The van der Waals surface area contributed by atoms with E-state index in [4.69, 9.17) is 17.2 Å². The minimum atomic E-state index is -1.41. The van der Waals surface area contributed by atoms with E-state index in [1.807, 2.05) is 0 Å². The van der Waals surface area contributed by atoms with Gasteiger partial charge in [0.15, 0.2) is 5.96 Å². The molecule has 1 aromatic rings. The summed E-state index contributed by atoms with van der Waals surface area (Å²) in [6, 6.07) is 0.856. The summed E-state index contributed by atoms with van der Waals surface area (Å²) < 4.78 is 0. The van der Waals surface area contributed by atoms with Gasteiger partial charge in [-0.05, 0) is 44.4 Å². The molecule has 5 atom stereocenters. The predicted octanol–water partition coefficient (Wildman–Crippen LogP) is -2.74. The summed E-state index contributed by atoms with van der Waals surface area (Å²) in [6.45, 7) is 2.81. The van der Waals surface area contributed by atoms with Crippen LogP contribution < -0.4 is 33.2 Å². The zero-order chi connectivity index (χ0) is 27.4. The van der Waals surface area contributed by atoms with E-state index in [0.29, 0.717) is 5.56 Å². The highest BCUT2D eigenvalue weighted by molar-refractivity contribution is 5.94. The number of aliphatic carboxylic acids is 1. The Bertz CT molecular complexity index is 931. The maximum atomic E-state index is 13.0. The number of phenols is 1. The van der Waals surface area contributed by atoms with Crippen molar-refractivity contribution in [3.05, 3.63) is 29.8 Å². The number of nitrogens with zero attached hydrogens (tertiary/aromatic N) is 1. The monoisotopic (exact) mass is 509 g/mol. The molecule has 14 heteroatoms. The molecule has 1 aromatic carbocycles. The van der Waals surface area contributed by atoms with Crippen LogP contribution in [0.2, 0.25) is 0 Å². The summed E-state index contributed by atoms with van der Waals surface area (Å²) >= 11 is 0. The van der Waals surface area contributed by atoms with Crippen molar-refractivity contribution in [2.24, 2.45) is 22.2 Å². The van der Waals surface area contributed by atoms with Crippen LogP contribution in [0, 0.1) is 0 Å². The van der Waals surface area contributed by atoms with Crippen molar-refractivity contribution in [2.75, 3.05) is 6.54 Å². The van der Waals surface area contributed by atoms with Gasteiger partial charge in [-0.25, -0.2) is 4.79 Å². The molecule has 0 radical (unpaired) electrons. The van der Waals surface area contributed by atoms with Crippen molar-refractivity contribution in [1.82, 2.24) is 16.0 Å². The molecule has 5 unspecified atom stereocenters. The van der Waals surface area contributed by atoms with Gasteiger partial charge in [0.1, 0.15) is 23.9 Å². The normalized spacial score (nSPS) is 14.9. The predicted molar refractivity (Wildman–Crippen MR) is 130 cm³/mol. The Hall–Kier alpha value is -3.91. The van der Waals surface area contributed by atoms with Gasteiger partial charge < -0.3 is 48.5 Å². The van der Waals surface area contributed by atoms with Crippen molar-refractivity contribution in [1.29, 1.82) is 0 Å². The van der Waals surface area contributed by atoms with Crippen LogP contribution >= 0.6 is 0 Å². The summed E-state index contributed by atoms with van der Waals surface area (Å²) in [5.41, 5.74) is 16.6. The van der Waals surface area contributed by atoms with E-state index >= 15 is 0 Å². The fourth-order valence-corrected chi connectivity index (χ4v) is 3.06. The average molecular weight is 510 g/mol. The van der Waals surface area contributed by atoms with Crippen molar-refractivity contribution < 1.29 is 34.5 Å². The molecule has 36 heavy (non-hydrogen) atoms. The number of amides is 3. The van der Waals surface area contributed by atoms with Gasteiger partial charge in [-0.3, -0.25) is 19.4 Å². The molecule has 0 aliphatic carbocycles. The van der Waals surface area contributed by atoms with Crippen LogP contribution in [0.3, 0.4) is 0 Å². The van der Waals surface area contributed by atoms with E-state index in [1.165, 1.54) is 38.1 Å². The fraction of sp³-hybridized carbons (Fsp3) is 0.500. The lowest BCUT2D eigenvalue weighted by Crippen LogP contribution is -2.59. The van der Waals surface area contributed by atoms with Gasteiger partial charge in [0, 0.05) is 13.0 Å². The first-order valence-corrected chi connectivity index (χ1v) is 11.2. The molecule has 0 saturated heterocycles. The number of aliphatic hydroxyl groups excluding tert-OH is 1. The summed E-state index contributed by atoms with van der Waals surface area (Å²) in [5.74, 6) is -3.83. The van der Waals surface area contributed by atoms with Crippen LogP contribution in [0.25, 0.3) is 0 Å². The number of carbonyl (C=O) groups is 4. The largest absolute Gasteiger partial charge is 0.508 e. The van der Waals surface area contributed by atoms with Crippen molar-refractivity contribution in [3.8, 4) is 5.75 Å². The van der Waals surface area contributed by atoms with Gasteiger partial charge >= 0.3 is 5.97 Å². The Kier molecular flexibility index (Phi) is 12.1. The number of benzene rings is 1. The van der Waals surface area contributed by atoms with Crippen molar-refractivity contribution in [2.45, 2.75) is 63.4 Å². The molecule has 0 spiro atoms. The second-order valence-corrected chi connectivity index (χ2v) is 8.30. The van der Waals surface area contributed by atoms with Crippen LogP contribution in [0.5, 0.6) is 5.75 Å². The molecule has 200 valence electrons. The third kappa shape index (κ3) is 10.6. The number of hydrogen-bond donors (Lipinski definition) is 9. The third-order valence-corrected chi connectivity index (χ3v) is 5.05. The minimum absolute atomic E-state index is 0.00185. The minimum Gasteiger partial charge on any atom is -0.508 e. The number of aliphatic imine (C=N–C) groups is 1. The van der Waals surface area contributed by atoms with Crippen molar-refractivity contribution in [3.63, 3.8) is 0 Å². The number of carbonyl (C=O) groups excluding carboxylic acids is 3. The Morgan fingerprint density at radius 3 is 2.03 bits per heavy atom. The van der Waals surface area contributed by atoms with Gasteiger partial charge in [0.25, 0.3) is 0 Å². The molecule has 0 aliphatic heterocycles. The SMILES string of the molecule is CC(N)C(=O)NC(C(=O)NC(CCCN=C(N)N)C(=O)NC(Cc1ccc(O)cc1)C(=O)O)C(C)O. The van der Waals surface area contributed by atoms with Crippen molar-refractivity contribution >= 4 is 29.7 Å². The number of nitrogens with two attached hydrogens (primary N) is 3. The average Bonchev–Trinajstić information content (AvgIpc) is 2.79. The van der Waals surface area contributed by atoms with Crippen LogP contribution in [-0.2, 0) is 25.6 Å². The number of aromatic hydroxyl groups is 1. The molecule has 0 aromatic heterocycles. The van der Waals surface area contributed by atoms with Gasteiger partial charge in [0.2, 0.25) is 17.7 Å². The lowest BCUT2D eigenvalue weighted by molar-refractivity contribution is -0.142. The summed E-state index contributed by atoms with van der Waals surface area (Å²) in [6.07, 6.45) is -1.14. The summed E-state index contributed by atoms with van der Waals surface area (Å²) in [4.78, 5) is 53.4. The van der Waals surface area contributed by atoms with E-state index in [0.717, 1.165) is 0 Å². The Morgan fingerprint density at radius 2 is 1.53 bits per heavy atom. The highest BCUT2D eigenvalue weighted by Crippen LogP contribution is 2.12. The lowest BCUT2D eigenvalue weighted by atomic mass is 10.0. The van der Waals surface area contributed by atoms with E-state index in [2.05, 4.69) is 20.9 Å². The number of carboxylic acids is 1. The number of guanidine groups is 1. The standard InChI is InChI=1S/C22H35N7O7/c1-11(23)18(32)29-17(12(2)30)20(34)27-15(4-3-9-26-22(24)25)19(33)28-16(21(35)36)10-13-5-7-14(31)8-6-13/h5-8,11-12,15-17,30-31H,3-4,9-10,23H2,1-2H3,(H,27,34)(H,28,33)(H,29,32)(H,35,36)(H4,24,25,26). The maximum absolute atomic E-state index is 13.0. The second-order valence-electron chi connectivity index (χ2n) is 8.30. The highest BCUT2D eigenvalue weighted by Gasteiger charge is 2.32. The van der Waals surface area contributed by atoms with Crippen LogP contribution in [0.4, 0.5) is 0 Å². The smallest absolute Gasteiger partial charge is 0.326 e. The zero-order valence-corrected chi connectivity index (χ0v) is 20.2. The molecule has 12 N–H and O–H groups in total. The first-order chi connectivity index (χ1) is 16.8. The van der Waals surface area contributed by atoms with Gasteiger partial charge in [-0.2, -0.15) is 0 Å². The molecule has 3 amide bonds. The van der Waals surface area contributed by atoms with Gasteiger partial charge in [-0.15, -0.1) is 0 Å². The summed E-state index contributed by atoms with van der Waals surface area (Å²) in [7, 11) is 0. The zero-order valence-electron chi connectivity index (χ0n) is 20.2. The van der Waals surface area contributed by atoms with E-state index in [9.17, 15) is 34.5 Å². The molecule has 0 saturated carbocycles. The van der Waals surface area contributed by atoms with E-state index in [1.54, 1.807) is 0 Å². The second kappa shape index (κ2) is 14.5. The number of aliphatic hydroxyl groups is 1. The molecule has 1 rings (SSSR count). The number of hydrogen-bond acceptors (Lipinski definition) is 8. The highest BCUT2D eigenvalue weighted by atomic mass is 16.4. The summed E-state index contributed by atoms with van der Waals surface area (Å²) in [5, 5.41) is 36.1. The Morgan fingerprint density at radius 1 is 0.944 bits per heavy atom. The molecular formula is C22H35N7O7. The maximum Gasteiger partial charge on any atom is 0.326 e. The third-order valence-electron chi connectivity index (χ3n) is 5.05. The molecule has 14 nitrogen and oxygen atoms in total. The van der Waals surface area contributed by atoms with E-state index < -0.39 is 54.0 Å². The first-order valence-electron chi connectivity index (χ1n) is 11.2. The first kappa shape index (κ1) is 30.1. The lowest BCUT2D eigenvalue weighted by Gasteiger charge is -2.26. The van der Waals surface area contributed by atoms with Gasteiger partial charge in [-0.1, -0.05) is 12.1 Å². The number of rotatable bonds is 14. The fourth-order valence-electron chi connectivity index (χ4n) is 3.06. The van der Waals surface area contributed by atoms with Gasteiger partial charge in [0.05, 0.1) is 12.1 Å². The van der Waals surface area contributed by atoms with Crippen LogP contribution in [0.1, 0.15) is 32.3 Å². The van der Waals surface area contributed by atoms with Crippen LogP contribution in [-0.4, -0.2) is 81.8 Å². The number of nitrogens with one attached hydrogen (secondary N) is 3. The Balaban J connectivity index is 3.04. The topological polar surface area (TPSA) is 255 Å². The number of phenolic OH excluding ortho intramolecular Hbond substituents is 1. The molecule has 0 heterocycles. The molecule has 0 aliphatic rings. The van der Waals surface area contributed by atoms with Crippen LogP contribution in [0.15, 0.2) is 29.3 Å². The Labute approximate surface area is 208 Å². The number of carboxylic acid groups (broad SMARTS) is 1. The van der Waals surface area contributed by atoms with E-state index in [-0.39, 0.29) is 37.5 Å².